The molecule has 4 aromatic rings. The second-order valence-electron chi connectivity index (χ2n) is 8.76. The van der Waals surface area contributed by atoms with E-state index in [1.54, 1.807) is 18.4 Å². The number of methoxy groups -OCH3 is 1. The summed E-state index contributed by atoms with van der Waals surface area (Å²) in [5, 5.41) is 0. The van der Waals surface area contributed by atoms with E-state index in [0.29, 0.717) is 0 Å². The Kier molecular flexibility index (Phi) is 9.34. The molecule has 3 nitrogen and oxygen atoms in total. The molecule has 0 aliphatic carbocycles. The lowest BCUT2D eigenvalue weighted by atomic mass is 10.0. The number of hydrogen-bond acceptors (Lipinski definition) is 3. The Bertz CT molecular complexity index is 1140. The lowest BCUT2D eigenvalue weighted by molar-refractivity contribution is 0.309. The Labute approximate surface area is 219 Å². The molecule has 3 aromatic carbocycles. The molecule has 0 atom stereocenters. The summed E-state index contributed by atoms with van der Waals surface area (Å²) in [6.07, 6.45) is 4.40. The Balaban J connectivity index is 1.67. The molecule has 0 saturated heterocycles. The maximum absolute atomic E-state index is 5.87. The van der Waals surface area contributed by atoms with Crippen LogP contribution >= 0.6 is 11.3 Å². The van der Waals surface area contributed by atoms with Gasteiger partial charge in [-0.25, -0.2) is 0 Å². The maximum atomic E-state index is 5.87. The van der Waals surface area contributed by atoms with E-state index in [-0.39, 0.29) is 0 Å². The van der Waals surface area contributed by atoms with Crippen molar-refractivity contribution in [3.63, 3.8) is 0 Å². The minimum Gasteiger partial charge on any atom is -0.497 e. The molecule has 186 valence electrons. The molecule has 0 amide bonds. The van der Waals surface area contributed by atoms with E-state index in [0.717, 1.165) is 61.7 Å². The first-order valence-corrected chi connectivity index (χ1v) is 13.6. The molecular formula is C32H35O3S+. The molecular weight excluding hydrogens is 464 g/mol. The van der Waals surface area contributed by atoms with E-state index >= 15 is 0 Å². The Morgan fingerprint density at radius 2 is 0.944 bits per heavy atom. The molecule has 36 heavy (non-hydrogen) atoms. The molecule has 0 fully saturated rings. The summed E-state index contributed by atoms with van der Waals surface area (Å²) >= 11 is 1.79. The van der Waals surface area contributed by atoms with Crippen molar-refractivity contribution in [2.24, 2.45) is 0 Å². The lowest BCUT2D eigenvalue weighted by Crippen LogP contribution is -1.96. The second-order valence-corrected chi connectivity index (χ2v) is 9.84. The third-order valence-electron chi connectivity index (χ3n) is 6.03. The first-order valence-electron chi connectivity index (χ1n) is 12.8. The van der Waals surface area contributed by atoms with E-state index in [1.165, 1.54) is 26.4 Å². The van der Waals surface area contributed by atoms with Crippen molar-refractivity contribution in [1.82, 2.24) is 0 Å². The molecule has 1 aromatic heterocycles. The smallest absolute Gasteiger partial charge is 0.239 e. The molecule has 0 aliphatic rings. The molecule has 1 heterocycles. The van der Waals surface area contributed by atoms with Crippen LogP contribution in [0.15, 0.2) is 84.9 Å². The van der Waals surface area contributed by atoms with Gasteiger partial charge in [0.2, 0.25) is 21.1 Å². The number of ether oxygens (including phenoxy) is 3. The van der Waals surface area contributed by atoms with Crippen molar-refractivity contribution in [3.8, 4) is 49.3 Å². The molecule has 0 aliphatic heterocycles. The Hall–Kier alpha value is -3.37. The van der Waals surface area contributed by atoms with Gasteiger partial charge in [0.05, 0.1) is 20.3 Å². The summed E-state index contributed by atoms with van der Waals surface area (Å²) in [7, 11) is 1.70. The normalized spacial score (nSPS) is 10.8. The minimum atomic E-state index is 0.758. The maximum Gasteiger partial charge on any atom is 0.239 e. The van der Waals surface area contributed by atoms with Gasteiger partial charge >= 0.3 is 0 Å². The van der Waals surface area contributed by atoms with Gasteiger partial charge in [-0.15, -0.1) is 0 Å². The zero-order valence-electron chi connectivity index (χ0n) is 21.5. The van der Waals surface area contributed by atoms with Crippen LogP contribution in [0, 0.1) is 0 Å². The SMILES string of the molecule is CCCCOc1ccc(-c2cc(-c3ccc(OC)cc3)cc(-c3ccc(OCCCC)cc3)[s+]2)cc1. The number of hydrogen-bond donors (Lipinski definition) is 0. The minimum absolute atomic E-state index is 0.758. The summed E-state index contributed by atoms with van der Waals surface area (Å²) in [5.74, 6) is 2.69. The average Bonchev–Trinajstić information content (AvgIpc) is 2.94. The quantitative estimate of drug-likeness (QED) is 0.143. The van der Waals surface area contributed by atoms with E-state index in [1.807, 2.05) is 12.1 Å². The zero-order valence-corrected chi connectivity index (χ0v) is 22.3. The predicted octanol–water partition coefficient (Wildman–Crippen LogP) is 9.40. The summed E-state index contributed by atoms with van der Waals surface area (Å²) in [6.45, 7) is 5.87. The molecule has 0 N–H and O–H groups in total. The van der Waals surface area contributed by atoms with E-state index in [9.17, 15) is 0 Å². The van der Waals surface area contributed by atoms with Crippen LogP contribution in [-0.2, 0) is 0 Å². The van der Waals surface area contributed by atoms with Crippen molar-refractivity contribution in [2.75, 3.05) is 20.3 Å². The van der Waals surface area contributed by atoms with Gasteiger partial charge < -0.3 is 14.2 Å². The Morgan fingerprint density at radius 3 is 1.36 bits per heavy atom. The highest BCUT2D eigenvalue weighted by molar-refractivity contribution is 7.18. The van der Waals surface area contributed by atoms with Crippen LogP contribution in [0.5, 0.6) is 17.2 Å². The highest BCUT2D eigenvalue weighted by Crippen LogP contribution is 2.38. The number of unbranched alkanes of at least 4 members (excludes halogenated alkanes) is 2. The van der Waals surface area contributed by atoms with Gasteiger partial charge in [0, 0.05) is 23.3 Å². The van der Waals surface area contributed by atoms with Crippen LogP contribution in [0.2, 0.25) is 0 Å². The number of rotatable bonds is 12. The van der Waals surface area contributed by atoms with Crippen molar-refractivity contribution in [2.45, 2.75) is 39.5 Å². The van der Waals surface area contributed by atoms with Gasteiger partial charge in [-0.2, -0.15) is 0 Å². The van der Waals surface area contributed by atoms with Gasteiger partial charge in [0.15, 0.2) is 0 Å². The lowest BCUT2D eigenvalue weighted by Gasteiger charge is -2.07. The van der Waals surface area contributed by atoms with E-state index < -0.39 is 0 Å². The third kappa shape index (κ3) is 6.86. The number of benzene rings is 3. The zero-order chi connectivity index (χ0) is 25.2. The average molecular weight is 500 g/mol. The van der Waals surface area contributed by atoms with E-state index in [2.05, 4.69) is 86.6 Å². The predicted molar refractivity (Wildman–Crippen MR) is 152 cm³/mol. The molecule has 4 heteroatoms. The standard InChI is InChI=1S/C32H35O3S/c1-4-6-20-34-29-16-10-25(11-17-29)31-22-27(24-8-14-28(33-3)15-9-24)23-32(36-31)26-12-18-30(19-13-26)35-21-7-5-2/h8-19,22-23H,4-7,20-21H2,1-3H3/q+1. The fourth-order valence-corrected chi connectivity index (χ4v) is 4.95. The van der Waals surface area contributed by atoms with Crippen LogP contribution in [0.25, 0.3) is 32.0 Å². The van der Waals surface area contributed by atoms with Gasteiger partial charge in [-0.05, 0) is 84.6 Å². The molecule has 0 spiro atoms. The van der Waals surface area contributed by atoms with Gasteiger partial charge in [-0.3, -0.25) is 0 Å². The monoisotopic (exact) mass is 499 g/mol. The summed E-state index contributed by atoms with van der Waals surface area (Å²) in [5.41, 5.74) is 4.69. The highest BCUT2D eigenvalue weighted by Gasteiger charge is 2.20. The highest BCUT2D eigenvalue weighted by atomic mass is 32.1. The first-order chi connectivity index (χ1) is 17.7. The summed E-state index contributed by atoms with van der Waals surface area (Å²) in [4.78, 5) is 2.42. The van der Waals surface area contributed by atoms with Crippen molar-refractivity contribution >= 4 is 11.3 Å². The molecule has 0 bridgehead atoms. The molecule has 0 radical (unpaired) electrons. The third-order valence-corrected chi connectivity index (χ3v) is 7.17. The first kappa shape index (κ1) is 25.7. The van der Waals surface area contributed by atoms with Crippen LogP contribution < -0.4 is 14.2 Å². The molecule has 4 rings (SSSR count). The fourth-order valence-electron chi connectivity index (χ4n) is 3.84. The second kappa shape index (κ2) is 13.1. The summed E-state index contributed by atoms with van der Waals surface area (Å²) in [6, 6.07) is 29.7. The Morgan fingerprint density at radius 1 is 0.528 bits per heavy atom. The van der Waals surface area contributed by atoms with Crippen LogP contribution in [0.1, 0.15) is 39.5 Å². The largest absolute Gasteiger partial charge is 0.497 e. The van der Waals surface area contributed by atoms with Gasteiger partial charge in [0.1, 0.15) is 17.2 Å². The van der Waals surface area contributed by atoms with Crippen molar-refractivity contribution in [3.05, 3.63) is 84.9 Å². The topological polar surface area (TPSA) is 27.7 Å². The fraction of sp³-hybridized carbons (Fsp3) is 0.281. The van der Waals surface area contributed by atoms with Gasteiger partial charge in [-0.1, -0.05) is 38.8 Å². The van der Waals surface area contributed by atoms with Gasteiger partial charge in [0.25, 0.3) is 0 Å². The van der Waals surface area contributed by atoms with Crippen LogP contribution in [-0.4, -0.2) is 20.3 Å². The van der Waals surface area contributed by atoms with Crippen LogP contribution in [0.3, 0.4) is 0 Å². The van der Waals surface area contributed by atoms with E-state index in [4.69, 9.17) is 14.2 Å². The summed E-state index contributed by atoms with van der Waals surface area (Å²) < 4.78 is 17.1. The molecule has 0 unspecified atom stereocenters. The van der Waals surface area contributed by atoms with Crippen molar-refractivity contribution < 1.29 is 14.2 Å². The molecule has 0 saturated carbocycles. The van der Waals surface area contributed by atoms with Crippen molar-refractivity contribution in [1.29, 1.82) is 0 Å². The van der Waals surface area contributed by atoms with Crippen LogP contribution in [0.4, 0.5) is 0 Å².